The molecule has 0 aliphatic rings. The van der Waals surface area contributed by atoms with Gasteiger partial charge in [0.1, 0.15) is 5.75 Å². The van der Waals surface area contributed by atoms with Gasteiger partial charge in [-0.05, 0) is 36.5 Å². The number of hydrogen-bond acceptors (Lipinski definition) is 3. The molecule has 0 radical (unpaired) electrons. The third kappa shape index (κ3) is 6.60. The van der Waals surface area contributed by atoms with E-state index >= 15 is 0 Å². The molecule has 1 rings (SSSR count). The maximum Gasteiger partial charge on any atom is 0.119 e. The summed E-state index contributed by atoms with van der Waals surface area (Å²) >= 11 is 0. The molecule has 3 nitrogen and oxygen atoms in total. The van der Waals surface area contributed by atoms with Crippen molar-refractivity contribution >= 4 is 0 Å². The standard InChI is InChI=1S/C16H27NO2/c1-12(2)10-18-16-8-6-15(7-9-16)14(5)17-19-11-13(3)4/h6-9,12-14,17H,10-11H2,1-5H3. The van der Waals surface area contributed by atoms with E-state index in [1.54, 1.807) is 0 Å². The van der Waals surface area contributed by atoms with E-state index in [4.69, 9.17) is 9.57 Å². The average molecular weight is 265 g/mol. The van der Waals surface area contributed by atoms with Crippen molar-refractivity contribution in [1.82, 2.24) is 5.48 Å². The Hall–Kier alpha value is -1.06. The Bertz CT molecular complexity index is 346. The van der Waals surface area contributed by atoms with Crippen molar-refractivity contribution in [1.29, 1.82) is 0 Å². The van der Waals surface area contributed by atoms with Crippen LogP contribution in [-0.4, -0.2) is 13.2 Å². The van der Waals surface area contributed by atoms with E-state index in [1.807, 2.05) is 12.1 Å². The molecule has 3 heteroatoms. The van der Waals surface area contributed by atoms with Crippen LogP contribution in [0, 0.1) is 11.8 Å². The molecule has 1 aromatic rings. The molecule has 0 bridgehead atoms. The zero-order valence-corrected chi connectivity index (χ0v) is 12.8. The molecule has 1 unspecified atom stereocenters. The number of hydroxylamine groups is 1. The summed E-state index contributed by atoms with van der Waals surface area (Å²) in [5, 5.41) is 0. The molecular formula is C16H27NO2. The summed E-state index contributed by atoms with van der Waals surface area (Å²) in [6, 6.07) is 8.35. The highest BCUT2D eigenvalue weighted by Crippen LogP contribution is 2.18. The quantitative estimate of drug-likeness (QED) is 0.722. The van der Waals surface area contributed by atoms with Gasteiger partial charge in [0.05, 0.1) is 19.3 Å². The van der Waals surface area contributed by atoms with Crippen LogP contribution in [0.1, 0.15) is 46.2 Å². The third-order valence-corrected chi connectivity index (χ3v) is 2.64. The van der Waals surface area contributed by atoms with Gasteiger partial charge in [-0.25, -0.2) is 0 Å². The first-order valence-corrected chi connectivity index (χ1v) is 7.09. The molecule has 0 saturated heterocycles. The lowest BCUT2D eigenvalue weighted by molar-refractivity contribution is 0.00408. The van der Waals surface area contributed by atoms with E-state index in [-0.39, 0.29) is 6.04 Å². The number of nitrogens with one attached hydrogen (secondary N) is 1. The van der Waals surface area contributed by atoms with Crippen molar-refractivity contribution in [3.05, 3.63) is 29.8 Å². The van der Waals surface area contributed by atoms with Gasteiger partial charge in [-0.1, -0.05) is 39.8 Å². The fraction of sp³-hybridized carbons (Fsp3) is 0.625. The van der Waals surface area contributed by atoms with E-state index in [9.17, 15) is 0 Å². The largest absolute Gasteiger partial charge is 0.493 e. The second-order valence-electron chi connectivity index (χ2n) is 5.82. The molecule has 0 fully saturated rings. The minimum absolute atomic E-state index is 0.179. The van der Waals surface area contributed by atoms with Crippen LogP contribution in [0.2, 0.25) is 0 Å². The Balaban J connectivity index is 2.41. The third-order valence-electron chi connectivity index (χ3n) is 2.64. The predicted octanol–water partition coefficient (Wildman–Crippen LogP) is 3.96. The fourth-order valence-electron chi connectivity index (χ4n) is 1.52. The highest BCUT2D eigenvalue weighted by Gasteiger charge is 2.06. The summed E-state index contributed by atoms with van der Waals surface area (Å²) in [5.74, 6) is 2.00. The number of rotatable bonds is 8. The van der Waals surface area contributed by atoms with Gasteiger partial charge in [0.15, 0.2) is 0 Å². The fourth-order valence-corrected chi connectivity index (χ4v) is 1.52. The smallest absolute Gasteiger partial charge is 0.119 e. The Morgan fingerprint density at radius 3 is 2.00 bits per heavy atom. The van der Waals surface area contributed by atoms with Crippen molar-refractivity contribution in [3.8, 4) is 5.75 Å². The second kappa shape index (κ2) is 8.18. The molecule has 0 aromatic heterocycles. The summed E-state index contributed by atoms with van der Waals surface area (Å²) in [6.45, 7) is 12.1. The monoisotopic (exact) mass is 265 g/mol. The minimum Gasteiger partial charge on any atom is -0.493 e. The number of ether oxygens (including phenoxy) is 1. The molecule has 108 valence electrons. The predicted molar refractivity (Wildman–Crippen MR) is 79.1 cm³/mol. The van der Waals surface area contributed by atoms with E-state index in [0.29, 0.717) is 11.8 Å². The van der Waals surface area contributed by atoms with E-state index in [1.165, 1.54) is 5.56 Å². The Kier molecular flexibility index (Phi) is 6.89. The topological polar surface area (TPSA) is 30.5 Å². The van der Waals surface area contributed by atoms with Crippen LogP contribution in [-0.2, 0) is 4.84 Å². The molecule has 19 heavy (non-hydrogen) atoms. The van der Waals surface area contributed by atoms with Gasteiger partial charge in [0, 0.05) is 0 Å². The summed E-state index contributed by atoms with van der Waals surface area (Å²) in [4.78, 5) is 5.44. The van der Waals surface area contributed by atoms with Gasteiger partial charge >= 0.3 is 0 Å². The minimum atomic E-state index is 0.179. The maximum atomic E-state index is 5.66. The van der Waals surface area contributed by atoms with Crippen LogP contribution in [0.25, 0.3) is 0 Å². The number of hydrogen-bond donors (Lipinski definition) is 1. The van der Waals surface area contributed by atoms with Crippen molar-refractivity contribution in [3.63, 3.8) is 0 Å². The lowest BCUT2D eigenvalue weighted by atomic mass is 10.1. The first-order valence-electron chi connectivity index (χ1n) is 7.09. The summed E-state index contributed by atoms with van der Waals surface area (Å²) in [7, 11) is 0. The highest BCUT2D eigenvalue weighted by molar-refractivity contribution is 5.28. The molecule has 1 atom stereocenters. The van der Waals surface area contributed by atoms with Crippen LogP contribution in [0.5, 0.6) is 5.75 Å². The molecule has 0 saturated carbocycles. The Morgan fingerprint density at radius 1 is 0.895 bits per heavy atom. The van der Waals surface area contributed by atoms with E-state index < -0.39 is 0 Å². The van der Waals surface area contributed by atoms with Crippen LogP contribution in [0.3, 0.4) is 0 Å². The first kappa shape index (κ1) is 16.0. The van der Waals surface area contributed by atoms with Crippen molar-refractivity contribution in [2.75, 3.05) is 13.2 Å². The molecule has 0 aliphatic carbocycles. The van der Waals surface area contributed by atoms with Crippen LogP contribution < -0.4 is 10.2 Å². The van der Waals surface area contributed by atoms with Gasteiger partial charge < -0.3 is 9.57 Å². The zero-order valence-electron chi connectivity index (χ0n) is 12.8. The van der Waals surface area contributed by atoms with E-state index in [2.05, 4.69) is 52.2 Å². The summed E-state index contributed by atoms with van der Waals surface area (Å²) in [6.07, 6.45) is 0. The van der Waals surface area contributed by atoms with Crippen molar-refractivity contribution in [2.45, 2.75) is 40.7 Å². The summed E-state index contributed by atoms with van der Waals surface area (Å²) in [5.41, 5.74) is 4.25. The summed E-state index contributed by atoms with van der Waals surface area (Å²) < 4.78 is 5.66. The van der Waals surface area contributed by atoms with Gasteiger partial charge in [0.25, 0.3) is 0 Å². The normalized spacial score (nSPS) is 13.0. The molecule has 1 aromatic carbocycles. The first-order chi connectivity index (χ1) is 8.99. The lowest BCUT2D eigenvalue weighted by Gasteiger charge is -2.16. The van der Waals surface area contributed by atoms with Gasteiger partial charge in [0.2, 0.25) is 0 Å². The maximum absolute atomic E-state index is 5.66. The van der Waals surface area contributed by atoms with Gasteiger partial charge in [-0.15, -0.1) is 0 Å². The Morgan fingerprint density at radius 2 is 1.47 bits per heavy atom. The second-order valence-corrected chi connectivity index (χ2v) is 5.82. The Labute approximate surface area is 117 Å². The lowest BCUT2D eigenvalue weighted by Crippen LogP contribution is -2.21. The van der Waals surface area contributed by atoms with Crippen LogP contribution in [0.4, 0.5) is 0 Å². The molecular weight excluding hydrogens is 238 g/mol. The average Bonchev–Trinajstić information content (AvgIpc) is 2.36. The van der Waals surface area contributed by atoms with Gasteiger partial charge in [-0.2, -0.15) is 5.48 Å². The molecule has 0 aliphatic heterocycles. The molecule has 0 amide bonds. The van der Waals surface area contributed by atoms with Crippen molar-refractivity contribution in [2.24, 2.45) is 11.8 Å². The van der Waals surface area contributed by atoms with Gasteiger partial charge in [-0.3, -0.25) is 0 Å². The zero-order chi connectivity index (χ0) is 14.3. The highest BCUT2D eigenvalue weighted by atomic mass is 16.6. The number of benzene rings is 1. The van der Waals surface area contributed by atoms with E-state index in [0.717, 1.165) is 19.0 Å². The van der Waals surface area contributed by atoms with Crippen LogP contribution in [0.15, 0.2) is 24.3 Å². The molecule has 1 N–H and O–H groups in total. The molecule has 0 heterocycles. The SMILES string of the molecule is CC(C)CONC(C)c1ccc(OCC(C)C)cc1. The van der Waals surface area contributed by atoms with Crippen molar-refractivity contribution < 1.29 is 9.57 Å². The molecule has 0 spiro atoms. The van der Waals surface area contributed by atoms with Crippen LogP contribution >= 0.6 is 0 Å².